The Hall–Kier alpha value is -2.00. The van der Waals surface area contributed by atoms with Crippen LogP contribution in [0.25, 0.3) is 22.3 Å². The van der Waals surface area contributed by atoms with E-state index >= 15 is 0 Å². The van der Waals surface area contributed by atoms with Crippen molar-refractivity contribution in [2.75, 3.05) is 0 Å². The molecule has 0 atom stereocenters. The molecule has 0 amide bonds. The molecule has 3 aromatic rings. The number of para-hydroxylation sites is 1. The normalized spacial score (nSPS) is 12.6. The summed E-state index contributed by atoms with van der Waals surface area (Å²) in [5.41, 5.74) is 1.99. The summed E-state index contributed by atoms with van der Waals surface area (Å²) in [6.45, 7) is 11.3. The van der Waals surface area contributed by atoms with Crippen LogP contribution in [-0.4, -0.2) is 8.32 Å². The van der Waals surface area contributed by atoms with Crippen LogP contribution in [0.4, 0.5) is 0 Å². The minimum Gasteiger partial charge on any atom is -0.544 e. The number of rotatable bonds is 3. The molecule has 0 saturated heterocycles. The maximum Gasteiger partial charge on any atom is 0.250 e. The lowest BCUT2D eigenvalue weighted by Gasteiger charge is -2.36. The monoisotopic (exact) mass is 324 g/mol. The van der Waals surface area contributed by atoms with Gasteiger partial charge in [-0.25, -0.2) is 0 Å². The maximum atomic E-state index is 6.32. The molecule has 0 N–H and O–H groups in total. The number of hydrogen-bond acceptors (Lipinski definition) is 2. The van der Waals surface area contributed by atoms with Gasteiger partial charge in [0, 0.05) is 10.9 Å². The van der Waals surface area contributed by atoms with Crippen molar-refractivity contribution in [2.45, 2.75) is 38.9 Å². The Labute approximate surface area is 139 Å². The third kappa shape index (κ3) is 3.20. The Morgan fingerprint density at radius 1 is 0.913 bits per heavy atom. The molecule has 0 saturated carbocycles. The molecule has 0 spiro atoms. The SMILES string of the molecule is CC(C)(C)[Si](C)(C)Oc1ccc(-c2cc3ccccc3o2)cc1. The van der Waals surface area contributed by atoms with E-state index < -0.39 is 8.32 Å². The number of fused-ring (bicyclic) bond motifs is 1. The second-order valence-electron chi connectivity index (χ2n) is 7.54. The molecule has 3 heteroatoms. The first-order chi connectivity index (χ1) is 10.8. The highest BCUT2D eigenvalue weighted by Crippen LogP contribution is 2.38. The molecular weight excluding hydrogens is 300 g/mol. The number of hydrogen-bond donors (Lipinski definition) is 0. The third-order valence-corrected chi connectivity index (χ3v) is 9.10. The van der Waals surface area contributed by atoms with Crippen LogP contribution >= 0.6 is 0 Å². The standard InChI is InChI=1S/C20H24O2Si/c1-20(2,3)23(4,5)22-17-12-10-15(11-13-17)19-14-16-8-6-7-9-18(16)21-19/h6-14H,1-5H3. The summed E-state index contributed by atoms with van der Waals surface area (Å²) in [6, 6.07) is 18.4. The highest BCUT2D eigenvalue weighted by atomic mass is 28.4. The van der Waals surface area contributed by atoms with Gasteiger partial charge in [0.15, 0.2) is 0 Å². The quantitative estimate of drug-likeness (QED) is 0.514. The summed E-state index contributed by atoms with van der Waals surface area (Å²) in [5, 5.41) is 1.33. The highest BCUT2D eigenvalue weighted by molar-refractivity contribution is 6.74. The zero-order valence-electron chi connectivity index (χ0n) is 14.5. The van der Waals surface area contributed by atoms with Gasteiger partial charge in [-0.15, -0.1) is 0 Å². The minimum absolute atomic E-state index is 0.199. The Bertz CT molecular complexity index is 775. The summed E-state index contributed by atoms with van der Waals surface area (Å²) in [6.07, 6.45) is 0. The van der Waals surface area contributed by atoms with Crippen LogP contribution in [0.5, 0.6) is 5.75 Å². The van der Waals surface area contributed by atoms with E-state index in [0.717, 1.165) is 28.0 Å². The van der Waals surface area contributed by atoms with Crippen molar-refractivity contribution in [3.8, 4) is 17.1 Å². The highest BCUT2D eigenvalue weighted by Gasteiger charge is 2.38. The predicted molar refractivity (Wildman–Crippen MR) is 99.5 cm³/mol. The molecule has 120 valence electrons. The molecule has 2 nitrogen and oxygen atoms in total. The minimum atomic E-state index is -1.79. The Morgan fingerprint density at radius 2 is 1.57 bits per heavy atom. The van der Waals surface area contributed by atoms with Gasteiger partial charge in [-0.2, -0.15) is 0 Å². The van der Waals surface area contributed by atoms with Gasteiger partial charge in [0.25, 0.3) is 0 Å². The largest absolute Gasteiger partial charge is 0.544 e. The molecule has 0 fully saturated rings. The van der Waals surface area contributed by atoms with E-state index in [1.54, 1.807) is 0 Å². The van der Waals surface area contributed by atoms with Crippen LogP contribution in [0, 0.1) is 0 Å². The van der Waals surface area contributed by atoms with Gasteiger partial charge in [0.1, 0.15) is 17.1 Å². The average molecular weight is 324 g/mol. The predicted octanol–water partition coefficient (Wildman–Crippen LogP) is 6.48. The zero-order chi connectivity index (χ0) is 16.7. The van der Waals surface area contributed by atoms with Crippen LogP contribution in [0.1, 0.15) is 20.8 Å². The summed E-state index contributed by atoms with van der Waals surface area (Å²) < 4.78 is 12.2. The van der Waals surface area contributed by atoms with Gasteiger partial charge in [0.05, 0.1) is 0 Å². The van der Waals surface area contributed by atoms with Crippen LogP contribution in [-0.2, 0) is 0 Å². The lowest BCUT2D eigenvalue weighted by molar-refractivity contribution is 0.492. The molecule has 1 aromatic heterocycles. The Kier molecular flexibility index (Phi) is 3.84. The zero-order valence-corrected chi connectivity index (χ0v) is 15.5. The van der Waals surface area contributed by atoms with Crippen molar-refractivity contribution in [3.05, 3.63) is 54.6 Å². The van der Waals surface area contributed by atoms with E-state index in [1.165, 1.54) is 0 Å². The van der Waals surface area contributed by atoms with Crippen molar-refractivity contribution >= 4 is 19.3 Å². The summed E-state index contributed by atoms with van der Waals surface area (Å²) in [5.74, 6) is 1.83. The average Bonchev–Trinajstić information content (AvgIpc) is 2.90. The first-order valence-electron chi connectivity index (χ1n) is 8.04. The molecule has 0 aliphatic rings. The fraction of sp³-hybridized carbons (Fsp3) is 0.300. The second kappa shape index (κ2) is 5.57. The van der Waals surface area contributed by atoms with Crippen molar-refractivity contribution in [1.82, 2.24) is 0 Å². The lowest BCUT2D eigenvalue weighted by Crippen LogP contribution is -2.43. The smallest absolute Gasteiger partial charge is 0.250 e. The molecule has 0 unspecified atom stereocenters. The fourth-order valence-corrected chi connectivity index (χ4v) is 3.29. The summed E-state index contributed by atoms with van der Waals surface area (Å²) >= 11 is 0. The van der Waals surface area contributed by atoms with Crippen molar-refractivity contribution in [2.24, 2.45) is 0 Å². The number of furan rings is 1. The Balaban J connectivity index is 1.85. The second-order valence-corrected chi connectivity index (χ2v) is 12.3. The van der Waals surface area contributed by atoms with Crippen LogP contribution in [0.15, 0.2) is 59.0 Å². The van der Waals surface area contributed by atoms with E-state index in [-0.39, 0.29) is 5.04 Å². The summed E-state index contributed by atoms with van der Waals surface area (Å²) in [7, 11) is -1.79. The van der Waals surface area contributed by atoms with E-state index in [2.05, 4.69) is 58.1 Å². The van der Waals surface area contributed by atoms with E-state index in [1.807, 2.05) is 30.3 Å². The van der Waals surface area contributed by atoms with Crippen molar-refractivity contribution < 1.29 is 8.84 Å². The van der Waals surface area contributed by atoms with E-state index in [4.69, 9.17) is 8.84 Å². The van der Waals surface area contributed by atoms with Gasteiger partial charge in [-0.05, 0) is 54.5 Å². The van der Waals surface area contributed by atoms with Gasteiger partial charge in [-0.3, -0.25) is 0 Å². The van der Waals surface area contributed by atoms with E-state index in [0.29, 0.717) is 0 Å². The molecule has 0 aliphatic carbocycles. The van der Waals surface area contributed by atoms with Gasteiger partial charge in [0.2, 0.25) is 8.32 Å². The topological polar surface area (TPSA) is 22.4 Å². The molecule has 0 aliphatic heterocycles. The number of benzene rings is 2. The van der Waals surface area contributed by atoms with Crippen LogP contribution < -0.4 is 4.43 Å². The molecular formula is C20H24O2Si. The molecule has 0 bridgehead atoms. The molecule has 23 heavy (non-hydrogen) atoms. The summed E-state index contributed by atoms with van der Waals surface area (Å²) in [4.78, 5) is 0. The first-order valence-corrected chi connectivity index (χ1v) is 11.0. The van der Waals surface area contributed by atoms with Crippen molar-refractivity contribution in [3.63, 3.8) is 0 Å². The fourth-order valence-electron chi connectivity index (χ4n) is 2.26. The molecule has 0 radical (unpaired) electrons. The van der Waals surface area contributed by atoms with Crippen LogP contribution in [0.3, 0.4) is 0 Å². The van der Waals surface area contributed by atoms with Gasteiger partial charge in [-0.1, -0.05) is 39.0 Å². The van der Waals surface area contributed by atoms with Gasteiger partial charge >= 0.3 is 0 Å². The maximum absolute atomic E-state index is 6.32. The first kappa shape index (κ1) is 15.9. The third-order valence-electron chi connectivity index (χ3n) is 4.74. The van der Waals surface area contributed by atoms with Gasteiger partial charge < -0.3 is 8.84 Å². The van der Waals surface area contributed by atoms with E-state index in [9.17, 15) is 0 Å². The Morgan fingerprint density at radius 3 is 2.17 bits per heavy atom. The lowest BCUT2D eigenvalue weighted by atomic mass is 10.1. The molecule has 1 heterocycles. The van der Waals surface area contributed by atoms with Crippen molar-refractivity contribution in [1.29, 1.82) is 0 Å². The molecule has 3 rings (SSSR count). The molecule has 2 aromatic carbocycles. The van der Waals surface area contributed by atoms with Crippen LogP contribution in [0.2, 0.25) is 18.1 Å².